The molecular weight excluding hydrogens is 192 g/mol. The Morgan fingerprint density at radius 2 is 2.47 bits per heavy atom. The normalized spacial score (nSPS) is 32.5. The lowest BCUT2D eigenvalue weighted by atomic mass is 9.78. The Kier molecular flexibility index (Phi) is 2.63. The lowest BCUT2D eigenvalue weighted by Gasteiger charge is -2.43. The summed E-state index contributed by atoms with van der Waals surface area (Å²) in [6.45, 7) is 2.86. The fourth-order valence-electron chi connectivity index (χ4n) is 2.31. The summed E-state index contributed by atoms with van der Waals surface area (Å²) in [4.78, 5) is 13.3. The number of carbonyl (C=O) groups is 1. The number of ether oxygens (including phenoxy) is 1. The average molecular weight is 206 g/mol. The van der Waals surface area contributed by atoms with Gasteiger partial charge < -0.3 is 4.74 Å². The van der Waals surface area contributed by atoms with E-state index in [1.165, 1.54) is 0 Å². The van der Waals surface area contributed by atoms with Gasteiger partial charge in [0.1, 0.15) is 0 Å². The first-order valence-corrected chi connectivity index (χ1v) is 5.27. The van der Waals surface area contributed by atoms with Gasteiger partial charge in [-0.1, -0.05) is 12.2 Å². The number of hydrogen-bond donors (Lipinski definition) is 0. The topological polar surface area (TPSA) is 53.3 Å². The van der Waals surface area contributed by atoms with Crippen LogP contribution >= 0.6 is 0 Å². The summed E-state index contributed by atoms with van der Waals surface area (Å²) in [6, 6.07) is 2.18. The van der Waals surface area contributed by atoms with Crippen LogP contribution in [0.1, 0.15) is 13.3 Å². The molecule has 0 radical (unpaired) electrons. The van der Waals surface area contributed by atoms with Gasteiger partial charge in [-0.05, 0) is 19.3 Å². The molecule has 3 atom stereocenters. The smallest absolute Gasteiger partial charge is 0.410 e. The summed E-state index contributed by atoms with van der Waals surface area (Å²) in [6.07, 6.45) is 4.64. The summed E-state index contributed by atoms with van der Waals surface area (Å²) in [5.74, 6) is 0.252. The maximum Gasteiger partial charge on any atom is 0.410 e. The molecule has 1 aliphatic carbocycles. The molecule has 1 amide bonds. The maximum absolute atomic E-state index is 11.6. The molecule has 2 aliphatic heterocycles. The number of carbonyl (C=O) groups excluding carboxylic acids is 1. The fourth-order valence-corrected chi connectivity index (χ4v) is 2.31. The molecule has 4 heteroatoms. The minimum Gasteiger partial charge on any atom is -0.450 e. The molecule has 1 fully saturated rings. The van der Waals surface area contributed by atoms with Gasteiger partial charge in [0.15, 0.2) is 0 Å². The Morgan fingerprint density at radius 1 is 1.67 bits per heavy atom. The molecule has 0 spiro atoms. The summed E-state index contributed by atoms with van der Waals surface area (Å²) in [5.41, 5.74) is 0. The van der Waals surface area contributed by atoms with Gasteiger partial charge in [0, 0.05) is 6.54 Å². The van der Waals surface area contributed by atoms with Gasteiger partial charge >= 0.3 is 6.09 Å². The van der Waals surface area contributed by atoms with Crippen molar-refractivity contribution in [2.45, 2.75) is 19.4 Å². The van der Waals surface area contributed by atoms with Crippen molar-refractivity contribution in [3.63, 3.8) is 0 Å². The highest BCUT2D eigenvalue weighted by Gasteiger charge is 2.40. The molecule has 0 unspecified atom stereocenters. The molecule has 1 saturated heterocycles. The highest BCUT2D eigenvalue weighted by molar-refractivity contribution is 5.69. The van der Waals surface area contributed by atoms with Crippen molar-refractivity contribution >= 4 is 6.09 Å². The number of amides is 1. The van der Waals surface area contributed by atoms with E-state index >= 15 is 0 Å². The lowest BCUT2D eigenvalue weighted by Crippen LogP contribution is -2.52. The molecule has 0 N–H and O–H groups in total. The molecule has 0 saturated carbocycles. The van der Waals surface area contributed by atoms with Crippen LogP contribution in [0.25, 0.3) is 0 Å². The van der Waals surface area contributed by atoms with Crippen molar-refractivity contribution in [2.24, 2.45) is 11.8 Å². The highest BCUT2D eigenvalue weighted by atomic mass is 16.6. The van der Waals surface area contributed by atoms with Crippen LogP contribution < -0.4 is 0 Å². The van der Waals surface area contributed by atoms with Gasteiger partial charge in [-0.3, -0.25) is 4.90 Å². The van der Waals surface area contributed by atoms with Crippen LogP contribution in [0.4, 0.5) is 4.79 Å². The largest absolute Gasteiger partial charge is 0.450 e. The Balaban J connectivity index is 2.13. The van der Waals surface area contributed by atoms with Crippen molar-refractivity contribution in [1.82, 2.24) is 4.90 Å². The molecule has 2 heterocycles. The van der Waals surface area contributed by atoms with E-state index in [1.54, 1.807) is 11.8 Å². The van der Waals surface area contributed by atoms with Gasteiger partial charge in [-0.2, -0.15) is 5.26 Å². The van der Waals surface area contributed by atoms with Crippen molar-refractivity contribution in [3.05, 3.63) is 12.2 Å². The lowest BCUT2D eigenvalue weighted by molar-refractivity contribution is 0.0624. The van der Waals surface area contributed by atoms with Crippen LogP contribution in [-0.2, 0) is 4.74 Å². The van der Waals surface area contributed by atoms with E-state index in [2.05, 4.69) is 12.1 Å². The van der Waals surface area contributed by atoms with Crippen LogP contribution in [0.2, 0.25) is 0 Å². The third kappa shape index (κ3) is 1.70. The first-order valence-electron chi connectivity index (χ1n) is 5.27. The first kappa shape index (κ1) is 10.0. The Labute approximate surface area is 89.1 Å². The molecular formula is C11H14N2O2. The first-order chi connectivity index (χ1) is 7.26. The van der Waals surface area contributed by atoms with Gasteiger partial charge in [0.05, 0.1) is 24.6 Å². The van der Waals surface area contributed by atoms with Gasteiger partial charge in [-0.15, -0.1) is 0 Å². The molecule has 80 valence electrons. The van der Waals surface area contributed by atoms with E-state index in [4.69, 9.17) is 10.00 Å². The number of nitrogens with zero attached hydrogens (tertiary/aromatic N) is 2. The van der Waals surface area contributed by atoms with E-state index in [-0.39, 0.29) is 18.1 Å². The van der Waals surface area contributed by atoms with E-state index in [0.29, 0.717) is 19.1 Å². The quantitative estimate of drug-likeness (QED) is 0.611. The number of hydrogen-bond acceptors (Lipinski definition) is 3. The molecule has 15 heavy (non-hydrogen) atoms. The van der Waals surface area contributed by atoms with Gasteiger partial charge in [-0.25, -0.2) is 4.79 Å². The zero-order valence-corrected chi connectivity index (χ0v) is 8.72. The average Bonchev–Trinajstić information content (AvgIpc) is 2.29. The zero-order chi connectivity index (χ0) is 10.8. The molecule has 3 rings (SSSR count). The standard InChI is InChI=1S/C11H14N2O2/c1-2-15-11(14)13-7-8-3-4-10(13)9(5-8)6-12/h3-4,8-10H,2,5,7H2,1H3/t8-,9-,10+/m1/s1. The zero-order valence-electron chi connectivity index (χ0n) is 8.72. The Morgan fingerprint density at radius 3 is 3.07 bits per heavy atom. The second-order valence-electron chi connectivity index (χ2n) is 3.96. The number of fused-ring (bicyclic) bond motifs is 2. The number of piperidine rings is 1. The molecule has 0 aromatic rings. The molecule has 4 nitrogen and oxygen atoms in total. The van der Waals surface area contributed by atoms with Crippen LogP contribution in [0, 0.1) is 23.2 Å². The third-order valence-corrected chi connectivity index (χ3v) is 3.01. The minimum absolute atomic E-state index is 0.0712. The van der Waals surface area contributed by atoms with Crippen LogP contribution in [0.3, 0.4) is 0 Å². The molecule has 0 aromatic heterocycles. The Hall–Kier alpha value is -1.50. The summed E-state index contributed by atoms with van der Waals surface area (Å²) < 4.78 is 4.97. The monoisotopic (exact) mass is 206 g/mol. The van der Waals surface area contributed by atoms with Crippen LogP contribution in [0.5, 0.6) is 0 Å². The highest BCUT2D eigenvalue weighted by Crippen LogP contribution is 2.34. The molecule has 2 bridgehead atoms. The number of rotatable bonds is 1. The maximum atomic E-state index is 11.6. The van der Waals surface area contributed by atoms with E-state index < -0.39 is 0 Å². The second-order valence-corrected chi connectivity index (χ2v) is 3.96. The van der Waals surface area contributed by atoms with Crippen molar-refractivity contribution in [2.75, 3.05) is 13.2 Å². The van der Waals surface area contributed by atoms with Crippen molar-refractivity contribution in [1.29, 1.82) is 5.26 Å². The SMILES string of the molecule is CCOC(=O)N1C[C@@H]2C=C[C@H]1[C@@H](C#N)C2. The summed E-state index contributed by atoms with van der Waals surface area (Å²) in [5, 5.41) is 8.98. The predicted octanol–water partition coefficient (Wildman–Crippen LogP) is 1.54. The molecule has 3 aliphatic rings. The van der Waals surface area contributed by atoms with Gasteiger partial charge in [0.25, 0.3) is 0 Å². The predicted molar refractivity (Wildman–Crippen MR) is 53.9 cm³/mol. The Bertz CT molecular complexity index is 332. The number of nitriles is 1. The van der Waals surface area contributed by atoms with Gasteiger partial charge in [0.2, 0.25) is 0 Å². The van der Waals surface area contributed by atoms with E-state index in [1.807, 2.05) is 6.08 Å². The van der Waals surface area contributed by atoms with Crippen molar-refractivity contribution < 1.29 is 9.53 Å². The van der Waals surface area contributed by atoms with E-state index in [9.17, 15) is 4.79 Å². The third-order valence-electron chi connectivity index (χ3n) is 3.01. The molecule has 0 aromatic carbocycles. The fraction of sp³-hybridized carbons (Fsp3) is 0.636. The van der Waals surface area contributed by atoms with Crippen molar-refractivity contribution in [3.8, 4) is 6.07 Å². The van der Waals surface area contributed by atoms with Crippen LogP contribution in [0.15, 0.2) is 12.2 Å². The summed E-state index contributed by atoms with van der Waals surface area (Å²) in [7, 11) is 0. The van der Waals surface area contributed by atoms with Crippen LogP contribution in [-0.4, -0.2) is 30.2 Å². The minimum atomic E-state index is -0.295. The second kappa shape index (κ2) is 3.93. The van der Waals surface area contributed by atoms with E-state index in [0.717, 1.165) is 6.42 Å². The summed E-state index contributed by atoms with van der Waals surface area (Å²) >= 11 is 0.